The molecule has 0 aromatic carbocycles. The highest BCUT2D eigenvalue weighted by molar-refractivity contribution is 5.80. The summed E-state index contributed by atoms with van der Waals surface area (Å²) in [6, 6.07) is 0. The Bertz CT molecular complexity index is 395. The third-order valence-electron chi connectivity index (χ3n) is 3.07. The minimum atomic E-state index is 0.124. The van der Waals surface area contributed by atoms with Gasteiger partial charge in [0.25, 0.3) is 0 Å². The average molecular weight is 251 g/mol. The molecule has 100 valence electrons. The molecule has 0 N–H and O–H groups in total. The highest BCUT2D eigenvalue weighted by atomic mass is 16.5. The van der Waals surface area contributed by atoms with E-state index in [4.69, 9.17) is 4.74 Å². The fourth-order valence-electron chi connectivity index (χ4n) is 2.23. The van der Waals surface area contributed by atoms with Crippen LogP contribution in [-0.2, 0) is 22.5 Å². The summed E-state index contributed by atoms with van der Waals surface area (Å²) in [6.07, 6.45) is 4.60. The van der Waals surface area contributed by atoms with Crippen LogP contribution in [0.3, 0.4) is 0 Å². The molecule has 0 bridgehead atoms. The van der Waals surface area contributed by atoms with Gasteiger partial charge in [0.1, 0.15) is 17.9 Å². The van der Waals surface area contributed by atoms with Crippen LogP contribution in [-0.4, -0.2) is 33.3 Å². The summed E-state index contributed by atoms with van der Waals surface area (Å²) >= 11 is 0. The lowest BCUT2D eigenvalue weighted by Gasteiger charge is -2.10. The van der Waals surface area contributed by atoms with E-state index in [1.807, 2.05) is 4.68 Å². The van der Waals surface area contributed by atoms with Crippen molar-refractivity contribution in [3.05, 3.63) is 12.2 Å². The Balaban J connectivity index is 1.88. The van der Waals surface area contributed by atoms with Crippen molar-refractivity contribution in [1.29, 1.82) is 0 Å². The van der Waals surface area contributed by atoms with E-state index in [0.717, 1.165) is 31.8 Å². The van der Waals surface area contributed by atoms with Crippen LogP contribution in [0.15, 0.2) is 6.33 Å². The first-order valence-corrected chi connectivity index (χ1v) is 6.65. The number of Topliss-reactive ketones (excluding diaryl/α,β-unsaturated/α-hetero) is 1. The number of ether oxygens (including phenoxy) is 1. The number of hydrogen-bond donors (Lipinski definition) is 0. The maximum Gasteiger partial charge on any atom is 0.143 e. The monoisotopic (exact) mass is 251 g/mol. The highest BCUT2D eigenvalue weighted by Gasteiger charge is 2.20. The molecule has 18 heavy (non-hydrogen) atoms. The lowest BCUT2D eigenvalue weighted by Crippen LogP contribution is -2.18. The second kappa shape index (κ2) is 6.09. The van der Waals surface area contributed by atoms with Crippen LogP contribution in [0.4, 0.5) is 0 Å². The second-order valence-electron chi connectivity index (χ2n) is 5.31. The van der Waals surface area contributed by atoms with Gasteiger partial charge < -0.3 is 4.74 Å². The van der Waals surface area contributed by atoms with Crippen LogP contribution in [0.1, 0.15) is 38.9 Å². The van der Waals surface area contributed by atoms with Gasteiger partial charge in [-0.2, -0.15) is 5.10 Å². The summed E-state index contributed by atoms with van der Waals surface area (Å²) in [7, 11) is 0. The molecule has 0 amide bonds. The van der Waals surface area contributed by atoms with Crippen LogP contribution < -0.4 is 0 Å². The number of carbonyl (C=O) groups is 1. The van der Waals surface area contributed by atoms with Crippen LogP contribution in [0.5, 0.6) is 0 Å². The van der Waals surface area contributed by atoms with Gasteiger partial charge in [0.05, 0.1) is 12.5 Å². The first-order chi connectivity index (χ1) is 8.65. The Labute approximate surface area is 108 Å². The smallest absolute Gasteiger partial charge is 0.143 e. The SMILES string of the molecule is CC(C)Cn1ncnc1CC(=O)CC1CCCO1. The zero-order valence-corrected chi connectivity index (χ0v) is 11.1. The average Bonchev–Trinajstić information content (AvgIpc) is 2.91. The molecule has 1 unspecified atom stereocenters. The van der Waals surface area contributed by atoms with Gasteiger partial charge in [0.2, 0.25) is 0 Å². The first kappa shape index (κ1) is 13.2. The quantitative estimate of drug-likeness (QED) is 0.771. The largest absolute Gasteiger partial charge is 0.378 e. The first-order valence-electron chi connectivity index (χ1n) is 6.65. The van der Waals surface area contributed by atoms with Crippen molar-refractivity contribution >= 4 is 5.78 Å². The topological polar surface area (TPSA) is 57.0 Å². The Kier molecular flexibility index (Phi) is 4.47. The molecule has 1 aliphatic rings. The summed E-state index contributed by atoms with van der Waals surface area (Å²) in [4.78, 5) is 16.1. The molecule has 2 heterocycles. The molecule has 1 atom stereocenters. The Morgan fingerprint density at radius 1 is 1.61 bits per heavy atom. The molecule has 1 aliphatic heterocycles. The van der Waals surface area contributed by atoms with Crippen LogP contribution in [0, 0.1) is 5.92 Å². The van der Waals surface area contributed by atoms with E-state index >= 15 is 0 Å². The van der Waals surface area contributed by atoms with E-state index in [-0.39, 0.29) is 11.9 Å². The van der Waals surface area contributed by atoms with E-state index in [1.165, 1.54) is 6.33 Å². The standard InChI is InChI=1S/C13H21N3O2/c1-10(2)8-16-13(14-9-15-16)7-11(17)6-12-4-3-5-18-12/h9-10,12H,3-8H2,1-2H3. The van der Waals surface area contributed by atoms with E-state index < -0.39 is 0 Å². The minimum absolute atomic E-state index is 0.124. The second-order valence-corrected chi connectivity index (χ2v) is 5.31. The van der Waals surface area contributed by atoms with E-state index in [0.29, 0.717) is 18.8 Å². The normalized spacial score (nSPS) is 19.6. The third-order valence-corrected chi connectivity index (χ3v) is 3.07. The molecule has 1 aromatic rings. The minimum Gasteiger partial charge on any atom is -0.378 e. The molecule has 0 saturated carbocycles. The fourth-order valence-corrected chi connectivity index (χ4v) is 2.23. The summed E-state index contributed by atoms with van der Waals surface area (Å²) < 4.78 is 7.31. The van der Waals surface area contributed by atoms with Crippen molar-refractivity contribution in [2.24, 2.45) is 5.92 Å². The molecule has 0 aliphatic carbocycles. The number of ketones is 1. The molecular weight excluding hydrogens is 230 g/mol. The van der Waals surface area contributed by atoms with Gasteiger partial charge in [-0.05, 0) is 18.8 Å². The molecule has 0 radical (unpaired) electrons. The number of aromatic nitrogens is 3. The van der Waals surface area contributed by atoms with Crippen molar-refractivity contribution < 1.29 is 9.53 Å². The van der Waals surface area contributed by atoms with Gasteiger partial charge in [-0.3, -0.25) is 4.79 Å². The highest BCUT2D eigenvalue weighted by Crippen LogP contribution is 2.16. The lowest BCUT2D eigenvalue weighted by molar-refractivity contribution is -0.120. The van der Waals surface area contributed by atoms with Gasteiger partial charge >= 0.3 is 0 Å². The zero-order chi connectivity index (χ0) is 13.0. The summed E-state index contributed by atoms with van der Waals surface area (Å²) in [5.74, 6) is 1.46. The molecule has 0 spiro atoms. The maximum absolute atomic E-state index is 11.9. The van der Waals surface area contributed by atoms with Crippen molar-refractivity contribution in [3.63, 3.8) is 0 Å². The molecule has 1 aromatic heterocycles. The summed E-state index contributed by atoms with van der Waals surface area (Å²) in [5.41, 5.74) is 0. The number of rotatable bonds is 6. The number of nitrogens with zero attached hydrogens (tertiary/aromatic N) is 3. The van der Waals surface area contributed by atoms with E-state index in [9.17, 15) is 4.79 Å². The molecule has 5 heteroatoms. The lowest BCUT2D eigenvalue weighted by atomic mass is 10.1. The summed E-state index contributed by atoms with van der Waals surface area (Å²) in [5, 5.41) is 4.16. The van der Waals surface area contributed by atoms with Crippen LogP contribution in [0.2, 0.25) is 0 Å². The Morgan fingerprint density at radius 2 is 2.44 bits per heavy atom. The predicted octanol–water partition coefficient (Wildman–Crippen LogP) is 1.61. The molecule has 2 rings (SSSR count). The van der Waals surface area contributed by atoms with Crippen LogP contribution in [0.25, 0.3) is 0 Å². The molecule has 1 fully saturated rings. The maximum atomic E-state index is 11.9. The van der Waals surface area contributed by atoms with Crippen LogP contribution >= 0.6 is 0 Å². The fraction of sp³-hybridized carbons (Fsp3) is 0.769. The van der Waals surface area contributed by atoms with Crippen molar-refractivity contribution in [1.82, 2.24) is 14.8 Å². The summed E-state index contributed by atoms with van der Waals surface area (Å²) in [6.45, 7) is 5.85. The van der Waals surface area contributed by atoms with E-state index in [2.05, 4.69) is 23.9 Å². The van der Waals surface area contributed by atoms with Crippen molar-refractivity contribution in [2.75, 3.05) is 6.61 Å². The predicted molar refractivity (Wildman–Crippen MR) is 67.2 cm³/mol. The number of carbonyl (C=O) groups excluding carboxylic acids is 1. The molecule has 5 nitrogen and oxygen atoms in total. The van der Waals surface area contributed by atoms with Gasteiger partial charge in [-0.25, -0.2) is 9.67 Å². The van der Waals surface area contributed by atoms with Gasteiger partial charge in [-0.15, -0.1) is 0 Å². The van der Waals surface area contributed by atoms with Gasteiger partial charge in [0, 0.05) is 19.6 Å². The zero-order valence-electron chi connectivity index (χ0n) is 11.1. The van der Waals surface area contributed by atoms with Gasteiger partial charge in [0.15, 0.2) is 0 Å². The molecule has 1 saturated heterocycles. The third kappa shape index (κ3) is 3.63. The van der Waals surface area contributed by atoms with Gasteiger partial charge in [-0.1, -0.05) is 13.8 Å². The Hall–Kier alpha value is -1.23. The van der Waals surface area contributed by atoms with E-state index in [1.54, 1.807) is 0 Å². The van der Waals surface area contributed by atoms with Crippen molar-refractivity contribution in [3.8, 4) is 0 Å². The Morgan fingerprint density at radius 3 is 3.11 bits per heavy atom. The van der Waals surface area contributed by atoms with Crippen molar-refractivity contribution in [2.45, 2.75) is 52.2 Å². The number of hydrogen-bond acceptors (Lipinski definition) is 4. The molecular formula is C13H21N3O2.